The molecule has 3 rings (SSSR count). The van der Waals surface area contributed by atoms with Gasteiger partial charge in [-0.2, -0.15) is 0 Å². The number of hydrogen-bond acceptors (Lipinski definition) is 5. The first kappa shape index (κ1) is 29.1. The van der Waals surface area contributed by atoms with E-state index in [1.54, 1.807) is 31.2 Å². The summed E-state index contributed by atoms with van der Waals surface area (Å²) in [5.74, 6) is -0.440. The minimum atomic E-state index is -3.87. The Labute approximate surface area is 228 Å². The predicted molar refractivity (Wildman–Crippen MR) is 147 cm³/mol. The summed E-state index contributed by atoms with van der Waals surface area (Å²) < 4.78 is 31.5. The Bertz CT molecular complexity index is 1220. The van der Waals surface area contributed by atoms with Crippen molar-refractivity contribution >= 4 is 50.7 Å². The molecule has 0 heterocycles. The number of halogens is 2. The van der Waals surface area contributed by atoms with Crippen LogP contribution in [0.5, 0.6) is 5.75 Å². The maximum Gasteiger partial charge on any atom is 0.244 e. The smallest absolute Gasteiger partial charge is 0.244 e. The molecule has 2 amide bonds. The van der Waals surface area contributed by atoms with Crippen molar-refractivity contribution in [2.45, 2.75) is 57.7 Å². The third-order valence-corrected chi connectivity index (χ3v) is 8.13. The number of rotatable bonds is 10. The summed E-state index contributed by atoms with van der Waals surface area (Å²) in [4.78, 5) is 28.2. The number of sulfonamides is 1. The zero-order valence-corrected chi connectivity index (χ0v) is 23.6. The number of amides is 2. The van der Waals surface area contributed by atoms with E-state index < -0.39 is 28.5 Å². The molecule has 2 aromatic carbocycles. The predicted octanol–water partition coefficient (Wildman–Crippen LogP) is 4.63. The standard InChI is InChI=1S/C26H33Cl2N3O5S/c1-18(26(33)29-21-10-5-4-6-11-21)30(16-19-8-7-9-20(27)14-19)25(32)17-31(37(3,34)35)22-12-13-24(36-2)23(28)15-22/h7-9,12-15,18,21H,4-6,10-11,16-17H2,1-3H3,(H,29,33). The number of methoxy groups -OCH3 is 1. The molecule has 0 aromatic heterocycles. The number of hydrogen-bond donors (Lipinski definition) is 1. The minimum absolute atomic E-state index is 0.0702. The Balaban J connectivity index is 1.89. The molecule has 1 aliphatic carbocycles. The summed E-state index contributed by atoms with van der Waals surface area (Å²) >= 11 is 12.4. The zero-order valence-electron chi connectivity index (χ0n) is 21.2. The molecule has 0 saturated heterocycles. The van der Waals surface area contributed by atoms with Crippen molar-refractivity contribution in [3.05, 3.63) is 58.1 Å². The summed E-state index contributed by atoms with van der Waals surface area (Å²) in [7, 11) is -2.42. The first-order chi connectivity index (χ1) is 17.5. The van der Waals surface area contributed by atoms with E-state index in [0.29, 0.717) is 10.8 Å². The fourth-order valence-corrected chi connectivity index (χ4v) is 5.71. The van der Waals surface area contributed by atoms with Gasteiger partial charge in [-0.15, -0.1) is 0 Å². The van der Waals surface area contributed by atoms with Crippen molar-refractivity contribution in [2.24, 2.45) is 0 Å². The van der Waals surface area contributed by atoms with Crippen LogP contribution >= 0.6 is 23.2 Å². The van der Waals surface area contributed by atoms with Gasteiger partial charge in [0.05, 0.1) is 24.1 Å². The quantitative estimate of drug-likeness (QED) is 0.449. The summed E-state index contributed by atoms with van der Waals surface area (Å²) in [6.45, 7) is 1.22. The van der Waals surface area contributed by atoms with Crippen LogP contribution in [0, 0.1) is 0 Å². The fraction of sp³-hybridized carbons (Fsp3) is 0.462. The van der Waals surface area contributed by atoms with Gasteiger partial charge >= 0.3 is 0 Å². The molecule has 0 bridgehead atoms. The molecular formula is C26H33Cl2N3O5S. The summed E-state index contributed by atoms with van der Waals surface area (Å²) in [6.07, 6.45) is 6.08. The Morgan fingerprint density at radius 1 is 1.11 bits per heavy atom. The number of carbonyl (C=O) groups is 2. The Morgan fingerprint density at radius 2 is 1.81 bits per heavy atom. The Hall–Kier alpha value is -2.49. The van der Waals surface area contributed by atoms with Gasteiger partial charge in [0.2, 0.25) is 21.8 Å². The highest BCUT2D eigenvalue weighted by atomic mass is 35.5. The molecule has 0 spiro atoms. The largest absolute Gasteiger partial charge is 0.495 e. The molecule has 2 aromatic rings. The first-order valence-corrected chi connectivity index (χ1v) is 14.8. The van der Waals surface area contributed by atoms with Crippen LogP contribution in [0.3, 0.4) is 0 Å². The number of nitrogens with one attached hydrogen (secondary N) is 1. The van der Waals surface area contributed by atoms with Crippen LogP contribution in [0.2, 0.25) is 10.0 Å². The van der Waals surface area contributed by atoms with Crippen LogP contribution in [0.1, 0.15) is 44.6 Å². The number of anilines is 1. The van der Waals surface area contributed by atoms with Crippen molar-refractivity contribution in [3.8, 4) is 5.75 Å². The highest BCUT2D eigenvalue weighted by Gasteiger charge is 2.31. The van der Waals surface area contributed by atoms with Gasteiger partial charge in [0.1, 0.15) is 18.3 Å². The molecular weight excluding hydrogens is 537 g/mol. The lowest BCUT2D eigenvalue weighted by molar-refractivity contribution is -0.139. The van der Waals surface area contributed by atoms with E-state index in [1.165, 1.54) is 30.2 Å². The second-order valence-corrected chi connectivity index (χ2v) is 12.0. The molecule has 0 radical (unpaired) electrons. The minimum Gasteiger partial charge on any atom is -0.495 e. The van der Waals surface area contributed by atoms with Gasteiger partial charge < -0.3 is 15.0 Å². The van der Waals surface area contributed by atoms with Crippen LogP contribution in [0.25, 0.3) is 0 Å². The van der Waals surface area contributed by atoms with Gasteiger partial charge in [-0.1, -0.05) is 54.6 Å². The van der Waals surface area contributed by atoms with Crippen molar-refractivity contribution in [1.29, 1.82) is 0 Å². The maximum atomic E-state index is 13.7. The zero-order chi connectivity index (χ0) is 27.2. The van der Waals surface area contributed by atoms with Gasteiger partial charge in [-0.3, -0.25) is 13.9 Å². The monoisotopic (exact) mass is 569 g/mol. The Kier molecular flexibility index (Phi) is 10.1. The third-order valence-electron chi connectivity index (χ3n) is 6.46. The fourth-order valence-electron chi connectivity index (χ4n) is 4.41. The van der Waals surface area contributed by atoms with E-state index in [0.717, 1.165) is 48.2 Å². The number of nitrogens with zero attached hydrogens (tertiary/aromatic N) is 2. The van der Waals surface area contributed by atoms with Crippen LogP contribution in [0.15, 0.2) is 42.5 Å². The van der Waals surface area contributed by atoms with Crippen LogP contribution in [0.4, 0.5) is 5.69 Å². The topological polar surface area (TPSA) is 96.0 Å². The van der Waals surface area contributed by atoms with E-state index in [-0.39, 0.29) is 29.2 Å². The van der Waals surface area contributed by atoms with Crippen LogP contribution < -0.4 is 14.4 Å². The average Bonchev–Trinajstić information content (AvgIpc) is 2.85. The lowest BCUT2D eigenvalue weighted by Crippen LogP contribution is -2.52. The average molecular weight is 571 g/mol. The molecule has 1 N–H and O–H groups in total. The molecule has 1 atom stereocenters. The van der Waals surface area contributed by atoms with E-state index >= 15 is 0 Å². The van der Waals surface area contributed by atoms with E-state index in [2.05, 4.69) is 5.32 Å². The normalized spacial score (nSPS) is 15.1. The number of carbonyl (C=O) groups excluding carboxylic acids is 2. The SMILES string of the molecule is COc1ccc(N(CC(=O)N(Cc2cccc(Cl)c2)C(C)C(=O)NC2CCCCC2)S(C)(=O)=O)cc1Cl. The molecule has 1 unspecified atom stereocenters. The van der Waals surface area contributed by atoms with Crippen molar-refractivity contribution in [3.63, 3.8) is 0 Å². The molecule has 1 aliphatic rings. The third kappa shape index (κ3) is 7.99. The van der Waals surface area contributed by atoms with Crippen molar-refractivity contribution in [1.82, 2.24) is 10.2 Å². The summed E-state index contributed by atoms with van der Waals surface area (Å²) in [6, 6.07) is 10.7. The maximum absolute atomic E-state index is 13.7. The van der Waals surface area contributed by atoms with Crippen molar-refractivity contribution < 1.29 is 22.7 Å². The number of benzene rings is 2. The molecule has 202 valence electrons. The number of ether oxygens (including phenoxy) is 1. The van der Waals surface area contributed by atoms with Crippen molar-refractivity contribution in [2.75, 3.05) is 24.2 Å². The van der Waals surface area contributed by atoms with Gasteiger partial charge in [-0.05, 0) is 55.7 Å². The molecule has 1 saturated carbocycles. The van der Waals surface area contributed by atoms with E-state index in [4.69, 9.17) is 27.9 Å². The van der Waals surface area contributed by atoms with Gasteiger partial charge in [-0.25, -0.2) is 8.42 Å². The highest BCUT2D eigenvalue weighted by Crippen LogP contribution is 2.30. The van der Waals surface area contributed by atoms with Crippen LogP contribution in [-0.4, -0.2) is 57.1 Å². The summed E-state index contributed by atoms with van der Waals surface area (Å²) in [5, 5.41) is 3.77. The van der Waals surface area contributed by atoms with Gasteiger partial charge in [0.15, 0.2) is 0 Å². The van der Waals surface area contributed by atoms with Gasteiger partial charge in [0.25, 0.3) is 0 Å². The molecule has 37 heavy (non-hydrogen) atoms. The molecule has 1 fully saturated rings. The molecule has 8 nitrogen and oxygen atoms in total. The molecule has 0 aliphatic heterocycles. The highest BCUT2D eigenvalue weighted by molar-refractivity contribution is 7.92. The van der Waals surface area contributed by atoms with Gasteiger partial charge in [0, 0.05) is 17.6 Å². The van der Waals surface area contributed by atoms with Crippen LogP contribution in [-0.2, 0) is 26.2 Å². The second-order valence-electron chi connectivity index (χ2n) is 9.26. The van der Waals surface area contributed by atoms with E-state index in [1.807, 2.05) is 0 Å². The Morgan fingerprint density at radius 3 is 2.41 bits per heavy atom. The lowest BCUT2D eigenvalue weighted by Gasteiger charge is -2.33. The second kappa shape index (κ2) is 12.8. The lowest BCUT2D eigenvalue weighted by atomic mass is 9.95. The first-order valence-electron chi connectivity index (χ1n) is 12.1. The van der Waals surface area contributed by atoms with E-state index in [9.17, 15) is 18.0 Å². The summed E-state index contributed by atoms with van der Waals surface area (Å²) in [5.41, 5.74) is 0.931. The molecule has 11 heteroatoms.